The lowest BCUT2D eigenvalue weighted by Gasteiger charge is -2.30. The van der Waals surface area contributed by atoms with Gasteiger partial charge in [-0.25, -0.2) is 4.79 Å². The van der Waals surface area contributed by atoms with Gasteiger partial charge in [-0.2, -0.15) is 0 Å². The second kappa shape index (κ2) is 4.55. The SMILES string of the molecule is COC(=O)C1CC(O)CC(OC)O1. The van der Waals surface area contributed by atoms with Crippen LogP contribution in [0.3, 0.4) is 0 Å². The Hall–Kier alpha value is -0.650. The summed E-state index contributed by atoms with van der Waals surface area (Å²) in [7, 11) is 2.76. The normalized spacial score (nSPS) is 34.2. The van der Waals surface area contributed by atoms with Crippen molar-refractivity contribution in [2.24, 2.45) is 0 Å². The largest absolute Gasteiger partial charge is 0.467 e. The first-order valence-electron chi connectivity index (χ1n) is 4.11. The number of aliphatic hydroxyl groups is 1. The maximum Gasteiger partial charge on any atom is 0.335 e. The van der Waals surface area contributed by atoms with E-state index in [1.165, 1.54) is 14.2 Å². The number of carbonyl (C=O) groups is 1. The monoisotopic (exact) mass is 190 g/mol. The molecule has 3 unspecified atom stereocenters. The van der Waals surface area contributed by atoms with Gasteiger partial charge in [0.2, 0.25) is 0 Å². The fraction of sp³-hybridized carbons (Fsp3) is 0.875. The average Bonchev–Trinajstić information content (AvgIpc) is 2.15. The van der Waals surface area contributed by atoms with Gasteiger partial charge >= 0.3 is 5.97 Å². The van der Waals surface area contributed by atoms with E-state index in [0.717, 1.165) is 0 Å². The molecule has 1 heterocycles. The van der Waals surface area contributed by atoms with E-state index < -0.39 is 24.5 Å². The van der Waals surface area contributed by atoms with E-state index in [4.69, 9.17) is 9.47 Å². The van der Waals surface area contributed by atoms with Gasteiger partial charge in [0.25, 0.3) is 0 Å². The maximum atomic E-state index is 11.1. The van der Waals surface area contributed by atoms with Crippen molar-refractivity contribution in [3.8, 4) is 0 Å². The van der Waals surface area contributed by atoms with E-state index in [1.54, 1.807) is 0 Å². The summed E-state index contributed by atoms with van der Waals surface area (Å²) in [5.74, 6) is -0.471. The summed E-state index contributed by atoms with van der Waals surface area (Å²) in [6, 6.07) is 0. The number of aliphatic hydroxyl groups excluding tert-OH is 1. The van der Waals surface area contributed by atoms with E-state index >= 15 is 0 Å². The molecule has 1 saturated heterocycles. The molecule has 0 radical (unpaired) electrons. The van der Waals surface area contributed by atoms with Gasteiger partial charge in [0, 0.05) is 20.0 Å². The highest BCUT2D eigenvalue weighted by Gasteiger charge is 2.33. The van der Waals surface area contributed by atoms with Crippen LogP contribution in [0.5, 0.6) is 0 Å². The molecule has 0 aromatic rings. The molecule has 5 heteroatoms. The van der Waals surface area contributed by atoms with Crippen LogP contribution in [0.25, 0.3) is 0 Å². The standard InChI is InChI=1S/C8H14O5/c1-11-7-4-5(9)3-6(13-7)8(10)12-2/h5-7,9H,3-4H2,1-2H3. The van der Waals surface area contributed by atoms with Crippen LogP contribution in [-0.4, -0.2) is 43.8 Å². The first-order valence-corrected chi connectivity index (χ1v) is 4.11. The van der Waals surface area contributed by atoms with Crippen molar-refractivity contribution in [2.75, 3.05) is 14.2 Å². The van der Waals surface area contributed by atoms with Crippen LogP contribution in [0.15, 0.2) is 0 Å². The van der Waals surface area contributed by atoms with Gasteiger partial charge < -0.3 is 19.3 Å². The third-order valence-electron chi connectivity index (χ3n) is 1.99. The minimum absolute atomic E-state index is 0.270. The zero-order valence-electron chi connectivity index (χ0n) is 7.73. The summed E-state index contributed by atoms with van der Waals surface area (Å²) in [6.45, 7) is 0. The highest BCUT2D eigenvalue weighted by atomic mass is 16.7. The molecule has 3 atom stereocenters. The molecule has 0 aromatic heterocycles. The van der Waals surface area contributed by atoms with Gasteiger partial charge in [-0.05, 0) is 0 Å². The summed E-state index contributed by atoms with van der Waals surface area (Å²) >= 11 is 0. The van der Waals surface area contributed by atoms with Gasteiger partial charge in [-0.1, -0.05) is 0 Å². The fourth-order valence-corrected chi connectivity index (χ4v) is 1.29. The summed E-state index contributed by atoms with van der Waals surface area (Å²) in [4.78, 5) is 11.1. The Morgan fingerprint density at radius 1 is 1.46 bits per heavy atom. The van der Waals surface area contributed by atoms with E-state index in [-0.39, 0.29) is 6.42 Å². The predicted octanol–water partition coefficient (Wildman–Crippen LogP) is -0.328. The van der Waals surface area contributed by atoms with Gasteiger partial charge in [0.1, 0.15) is 0 Å². The second-order valence-electron chi connectivity index (χ2n) is 2.94. The molecule has 1 rings (SSSR count). The lowest BCUT2D eigenvalue weighted by Crippen LogP contribution is -2.41. The van der Waals surface area contributed by atoms with E-state index in [1.807, 2.05) is 0 Å². The Kier molecular flexibility index (Phi) is 3.65. The molecule has 13 heavy (non-hydrogen) atoms. The Labute approximate surface area is 76.6 Å². The zero-order chi connectivity index (χ0) is 9.84. The number of methoxy groups -OCH3 is 2. The van der Waals surface area contributed by atoms with E-state index in [9.17, 15) is 9.90 Å². The van der Waals surface area contributed by atoms with Crippen LogP contribution < -0.4 is 0 Å². The van der Waals surface area contributed by atoms with Gasteiger partial charge in [0.15, 0.2) is 12.4 Å². The van der Waals surface area contributed by atoms with Crippen molar-refractivity contribution in [1.29, 1.82) is 0 Å². The van der Waals surface area contributed by atoms with Crippen LogP contribution in [0.4, 0.5) is 0 Å². The van der Waals surface area contributed by atoms with Crippen molar-refractivity contribution < 1.29 is 24.1 Å². The Morgan fingerprint density at radius 3 is 2.69 bits per heavy atom. The molecule has 0 spiro atoms. The van der Waals surface area contributed by atoms with Crippen LogP contribution in [-0.2, 0) is 19.0 Å². The average molecular weight is 190 g/mol. The number of carbonyl (C=O) groups excluding carboxylic acids is 1. The molecule has 5 nitrogen and oxygen atoms in total. The third-order valence-corrected chi connectivity index (χ3v) is 1.99. The maximum absolute atomic E-state index is 11.1. The van der Waals surface area contributed by atoms with Crippen LogP contribution in [0, 0.1) is 0 Å². The van der Waals surface area contributed by atoms with Crippen LogP contribution >= 0.6 is 0 Å². The number of rotatable bonds is 2. The molecular weight excluding hydrogens is 176 g/mol. The molecule has 0 saturated carbocycles. The molecule has 0 bridgehead atoms. The minimum Gasteiger partial charge on any atom is -0.467 e. The molecule has 1 aliphatic heterocycles. The van der Waals surface area contributed by atoms with Crippen molar-refractivity contribution >= 4 is 5.97 Å². The molecule has 0 aromatic carbocycles. The Bertz CT molecular complexity index is 181. The second-order valence-corrected chi connectivity index (χ2v) is 2.94. The highest BCUT2D eigenvalue weighted by molar-refractivity contribution is 5.74. The van der Waals surface area contributed by atoms with E-state index in [2.05, 4.69) is 4.74 Å². The van der Waals surface area contributed by atoms with Crippen LogP contribution in [0.2, 0.25) is 0 Å². The lowest BCUT2D eigenvalue weighted by atomic mass is 10.1. The molecular formula is C8H14O5. The predicted molar refractivity (Wildman–Crippen MR) is 42.9 cm³/mol. The smallest absolute Gasteiger partial charge is 0.335 e. The first kappa shape index (κ1) is 10.4. The quantitative estimate of drug-likeness (QED) is 0.604. The Balaban J connectivity index is 2.51. The van der Waals surface area contributed by atoms with Crippen molar-refractivity contribution in [2.45, 2.75) is 31.3 Å². The molecule has 0 amide bonds. The molecule has 1 N–H and O–H groups in total. The number of esters is 1. The van der Waals surface area contributed by atoms with Crippen molar-refractivity contribution in [3.05, 3.63) is 0 Å². The summed E-state index contributed by atoms with van der Waals surface area (Å²) in [5.41, 5.74) is 0. The topological polar surface area (TPSA) is 65.0 Å². The molecule has 0 aliphatic carbocycles. The molecule has 1 aliphatic rings. The summed E-state index contributed by atoms with van der Waals surface area (Å²) in [6.07, 6.45) is -1.13. The lowest BCUT2D eigenvalue weighted by molar-refractivity contribution is -0.214. The number of ether oxygens (including phenoxy) is 3. The molecule has 76 valence electrons. The number of hydrogen-bond acceptors (Lipinski definition) is 5. The van der Waals surface area contributed by atoms with Gasteiger partial charge in [-0.3, -0.25) is 0 Å². The minimum atomic E-state index is -0.710. The fourth-order valence-electron chi connectivity index (χ4n) is 1.29. The highest BCUT2D eigenvalue weighted by Crippen LogP contribution is 2.20. The van der Waals surface area contributed by atoms with Crippen molar-refractivity contribution in [3.63, 3.8) is 0 Å². The van der Waals surface area contributed by atoms with Crippen LogP contribution in [0.1, 0.15) is 12.8 Å². The van der Waals surface area contributed by atoms with Gasteiger partial charge in [-0.15, -0.1) is 0 Å². The zero-order valence-corrected chi connectivity index (χ0v) is 7.73. The Morgan fingerprint density at radius 2 is 2.15 bits per heavy atom. The van der Waals surface area contributed by atoms with Gasteiger partial charge in [0.05, 0.1) is 13.2 Å². The third kappa shape index (κ3) is 2.65. The van der Waals surface area contributed by atoms with Crippen molar-refractivity contribution in [1.82, 2.24) is 0 Å². The van der Waals surface area contributed by atoms with E-state index in [0.29, 0.717) is 6.42 Å². The first-order chi connectivity index (χ1) is 6.17. The molecule has 1 fully saturated rings. The summed E-state index contributed by atoms with van der Waals surface area (Å²) < 4.78 is 14.6. The number of hydrogen-bond donors (Lipinski definition) is 1. The summed E-state index contributed by atoms with van der Waals surface area (Å²) in [5, 5.41) is 9.36.